The molecule has 2 amide bonds. The van der Waals surface area contributed by atoms with Crippen LogP contribution in [0.3, 0.4) is 0 Å². The topological polar surface area (TPSA) is 52.7 Å². The minimum absolute atomic E-state index is 0.0809. The fraction of sp³-hybridized carbons (Fsp3) is 0.222. The summed E-state index contributed by atoms with van der Waals surface area (Å²) in [4.78, 5) is 30.1. The number of rotatable bonds is 5. The van der Waals surface area contributed by atoms with Crippen LogP contribution in [0.5, 0.6) is 0 Å². The number of carbonyl (C=O) groups excluding carboxylic acids is 2. The maximum Gasteiger partial charge on any atom is 0.270 e. The van der Waals surface area contributed by atoms with Crippen molar-refractivity contribution in [1.82, 2.24) is 5.32 Å². The van der Waals surface area contributed by atoms with E-state index in [4.69, 9.17) is 12.2 Å². The van der Waals surface area contributed by atoms with E-state index < -0.39 is 11.8 Å². The van der Waals surface area contributed by atoms with Gasteiger partial charge in [-0.25, -0.2) is 0 Å². The summed E-state index contributed by atoms with van der Waals surface area (Å²) >= 11 is 5.40. The molecule has 0 atom stereocenters. The van der Waals surface area contributed by atoms with Gasteiger partial charge in [-0.15, -0.1) is 0 Å². The molecule has 3 aromatic rings. The first-order valence-electron chi connectivity index (χ1n) is 11.3. The number of unbranched alkanes of at least 4 members (excludes halogenated alkanes) is 1. The van der Waals surface area contributed by atoms with Crippen molar-refractivity contribution in [3.05, 3.63) is 77.4 Å². The van der Waals surface area contributed by atoms with Crippen molar-refractivity contribution in [3.63, 3.8) is 0 Å². The molecule has 2 heterocycles. The van der Waals surface area contributed by atoms with E-state index in [1.165, 1.54) is 29.0 Å². The molecule has 1 saturated heterocycles. The molecule has 166 valence electrons. The van der Waals surface area contributed by atoms with Crippen molar-refractivity contribution in [2.75, 3.05) is 22.9 Å². The van der Waals surface area contributed by atoms with Crippen LogP contribution in [-0.2, 0) is 16.0 Å². The molecule has 3 aromatic carbocycles. The molecule has 33 heavy (non-hydrogen) atoms. The van der Waals surface area contributed by atoms with Crippen LogP contribution in [0.25, 0.3) is 16.8 Å². The number of carbonyl (C=O) groups is 2. The lowest BCUT2D eigenvalue weighted by Crippen LogP contribution is -2.54. The van der Waals surface area contributed by atoms with Gasteiger partial charge in [0.25, 0.3) is 11.8 Å². The zero-order valence-corrected chi connectivity index (χ0v) is 19.3. The van der Waals surface area contributed by atoms with E-state index in [0.29, 0.717) is 5.69 Å². The zero-order chi connectivity index (χ0) is 22.9. The summed E-state index contributed by atoms with van der Waals surface area (Å²) in [5, 5.41) is 4.69. The predicted octanol–water partition coefficient (Wildman–Crippen LogP) is 4.83. The standard InChI is InChI=1S/C27H25N3O2S/c1-2-3-14-29-15-13-20-16-18(11-12-23(20)29)17-22-25(31)28-27(33)30(26(22)32)24-10-6-8-19-7-4-5-9-21(19)24/h4-12,16-17H,2-3,13-15H2,1H3,(H,28,31,33)/b22-17+. The van der Waals surface area contributed by atoms with E-state index in [1.807, 2.05) is 48.5 Å². The molecule has 0 radical (unpaired) electrons. The van der Waals surface area contributed by atoms with Gasteiger partial charge < -0.3 is 4.90 Å². The SMILES string of the molecule is CCCCN1CCc2cc(/C=C3\C(=O)NC(=S)N(c4cccc5ccccc45)C3=O)ccc21. The quantitative estimate of drug-likeness (QED) is 0.340. The highest BCUT2D eigenvalue weighted by Gasteiger charge is 2.35. The van der Waals surface area contributed by atoms with Gasteiger partial charge in [0.2, 0.25) is 0 Å². The molecule has 2 aliphatic heterocycles. The average Bonchev–Trinajstić information content (AvgIpc) is 3.22. The van der Waals surface area contributed by atoms with E-state index in [-0.39, 0.29) is 10.7 Å². The number of nitrogens with zero attached hydrogens (tertiary/aromatic N) is 2. The molecule has 6 heteroatoms. The first kappa shape index (κ1) is 21.3. The summed E-state index contributed by atoms with van der Waals surface area (Å²) in [5.41, 5.74) is 4.09. The summed E-state index contributed by atoms with van der Waals surface area (Å²) in [6, 6.07) is 19.7. The Kier molecular flexibility index (Phi) is 5.68. The Balaban J connectivity index is 1.49. The van der Waals surface area contributed by atoms with Gasteiger partial charge in [-0.05, 0) is 65.8 Å². The lowest BCUT2D eigenvalue weighted by molar-refractivity contribution is -0.122. The predicted molar refractivity (Wildman–Crippen MR) is 137 cm³/mol. The molecule has 0 aromatic heterocycles. The van der Waals surface area contributed by atoms with E-state index in [0.717, 1.165) is 35.8 Å². The van der Waals surface area contributed by atoms with Gasteiger partial charge >= 0.3 is 0 Å². The zero-order valence-electron chi connectivity index (χ0n) is 18.5. The maximum absolute atomic E-state index is 13.5. The summed E-state index contributed by atoms with van der Waals surface area (Å²) in [5.74, 6) is -0.878. The van der Waals surface area contributed by atoms with Gasteiger partial charge in [-0.2, -0.15) is 0 Å². The maximum atomic E-state index is 13.5. The molecule has 1 fully saturated rings. The third kappa shape index (κ3) is 3.91. The molecule has 5 rings (SSSR count). The number of fused-ring (bicyclic) bond motifs is 2. The second-order valence-electron chi connectivity index (χ2n) is 8.43. The Morgan fingerprint density at radius 3 is 2.70 bits per heavy atom. The Hall–Kier alpha value is -3.51. The summed E-state index contributed by atoms with van der Waals surface area (Å²) in [6.45, 7) is 4.27. The Bertz CT molecular complexity index is 1310. The van der Waals surface area contributed by atoms with Crippen molar-refractivity contribution in [3.8, 4) is 0 Å². The normalized spacial score (nSPS) is 17.1. The molecular weight excluding hydrogens is 430 g/mol. The number of hydrogen-bond acceptors (Lipinski definition) is 4. The third-order valence-electron chi connectivity index (χ3n) is 6.30. The van der Waals surface area contributed by atoms with Crippen molar-refractivity contribution in [2.24, 2.45) is 0 Å². The van der Waals surface area contributed by atoms with Crippen molar-refractivity contribution >= 4 is 57.4 Å². The molecular formula is C27H25N3O2S. The van der Waals surface area contributed by atoms with Crippen molar-refractivity contribution in [1.29, 1.82) is 0 Å². The molecule has 0 bridgehead atoms. The largest absolute Gasteiger partial charge is 0.371 e. The third-order valence-corrected chi connectivity index (χ3v) is 6.58. The first-order chi connectivity index (χ1) is 16.1. The van der Waals surface area contributed by atoms with Gasteiger partial charge in [0.05, 0.1) is 5.69 Å². The Labute approximate surface area is 198 Å². The molecule has 2 aliphatic rings. The van der Waals surface area contributed by atoms with Gasteiger partial charge in [0, 0.05) is 24.2 Å². The molecule has 0 saturated carbocycles. The smallest absolute Gasteiger partial charge is 0.270 e. The average molecular weight is 456 g/mol. The van der Waals surface area contributed by atoms with Crippen LogP contribution in [0.1, 0.15) is 30.9 Å². The van der Waals surface area contributed by atoms with E-state index in [1.54, 1.807) is 6.08 Å². The van der Waals surface area contributed by atoms with Crippen LogP contribution in [0.2, 0.25) is 0 Å². The van der Waals surface area contributed by atoms with E-state index in [9.17, 15) is 9.59 Å². The molecule has 0 unspecified atom stereocenters. The summed E-state index contributed by atoms with van der Waals surface area (Å²) in [7, 11) is 0. The van der Waals surface area contributed by atoms with Crippen LogP contribution in [0.15, 0.2) is 66.2 Å². The van der Waals surface area contributed by atoms with Gasteiger partial charge in [0.1, 0.15) is 5.57 Å². The van der Waals surface area contributed by atoms with Crippen LogP contribution >= 0.6 is 12.2 Å². The Morgan fingerprint density at radius 1 is 1.03 bits per heavy atom. The number of anilines is 2. The monoisotopic (exact) mass is 455 g/mol. The highest BCUT2D eigenvalue weighted by atomic mass is 32.1. The number of nitrogens with one attached hydrogen (secondary N) is 1. The van der Waals surface area contributed by atoms with Crippen LogP contribution in [0.4, 0.5) is 11.4 Å². The molecule has 5 nitrogen and oxygen atoms in total. The first-order valence-corrected chi connectivity index (χ1v) is 11.7. The van der Waals surface area contributed by atoms with Gasteiger partial charge in [-0.3, -0.25) is 19.8 Å². The van der Waals surface area contributed by atoms with Crippen LogP contribution < -0.4 is 15.1 Å². The van der Waals surface area contributed by atoms with Crippen LogP contribution in [0, 0.1) is 0 Å². The molecule has 0 spiro atoms. The Morgan fingerprint density at radius 2 is 1.85 bits per heavy atom. The second-order valence-corrected chi connectivity index (χ2v) is 8.82. The molecule has 0 aliphatic carbocycles. The summed E-state index contributed by atoms with van der Waals surface area (Å²) in [6.07, 6.45) is 4.99. The number of thiocarbonyl (C=S) groups is 1. The highest BCUT2D eigenvalue weighted by molar-refractivity contribution is 7.80. The van der Waals surface area contributed by atoms with Crippen molar-refractivity contribution in [2.45, 2.75) is 26.2 Å². The lowest BCUT2D eigenvalue weighted by Gasteiger charge is -2.29. The fourth-order valence-corrected chi connectivity index (χ4v) is 4.88. The number of hydrogen-bond donors (Lipinski definition) is 1. The summed E-state index contributed by atoms with van der Waals surface area (Å²) < 4.78 is 0. The minimum Gasteiger partial charge on any atom is -0.371 e. The van der Waals surface area contributed by atoms with Gasteiger partial charge in [0.15, 0.2) is 5.11 Å². The van der Waals surface area contributed by atoms with Crippen molar-refractivity contribution < 1.29 is 9.59 Å². The second kappa shape index (κ2) is 8.79. The van der Waals surface area contributed by atoms with Gasteiger partial charge in [-0.1, -0.05) is 55.8 Å². The minimum atomic E-state index is -0.466. The molecule has 1 N–H and O–H groups in total. The number of benzene rings is 3. The number of amides is 2. The van der Waals surface area contributed by atoms with Crippen LogP contribution in [-0.4, -0.2) is 30.0 Å². The van der Waals surface area contributed by atoms with E-state index in [2.05, 4.69) is 29.3 Å². The lowest BCUT2D eigenvalue weighted by atomic mass is 10.0. The fourth-order valence-electron chi connectivity index (χ4n) is 4.61. The van der Waals surface area contributed by atoms with E-state index >= 15 is 0 Å². The highest BCUT2D eigenvalue weighted by Crippen LogP contribution is 2.32.